The van der Waals surface area contributed by atoms with Crippen LogP contribution in [0.15, 0.2) is 0 Å². The van der Waals surface area contributed by atoms with Gasteiger partial charge in [0.25, 0.3) is 0 Å². The molecular weight excluding hydrogens is 188 g/mol. The van der Waals surface area contributed by atoms with Crippen molar-refractivity contribution in [3.05, 3.63) is 0 Å². The Morgan fingerprint density at radius 2 is 1.93 bits per heavy atom. The fourth-order valence-electron chi connectivity index (χ4n) is 3.84. The molecule has 5 atom stereocenters. The molecule has 2 heteroatoms. The van der Waals surface area contributed by atoms with Crippen LogP contribution in [-0.4, -0.2) is 11.4 Å². The first-order valence-electron chi connectivity index (χ1n) is 6.58. The van der Waals surface area contributed by atoms with Gasteiger partial charge in [-0.05, 0) is 49.4 Å². The van der Waals surface area contributed by atoms with Crippen molar-refractivity contribution < 1.29 is 10.1 Å². The van der Waals surface area contributed by atoms with Crippen LogP contribution in [0.1, 0.15) is 52.4 Å². The molecule has 0 aromatic rings. The summed E-state index contributed by atoms with van der Waals surface area (Å²) in [6.45, 7) is 4.68. The molecule has 0 aromatic carbocycles. The predicted molar refractivity (Wildman–Crippen MR) is 60.5 cm³/mol. The lowest BCUT2D eigenvalue weighted by atomic mass is 9.56. The van der Waals surface area contributed by atoms with E-state index in [0.717, 1.165) is 24.2 Å². The monoisotopic (exact) mass is 212 g/mol. The topological polar surface area (TPSA) is 29.5 Å². The summed E-state index contributed by atoms with van der Waals surface area (Å²) >= 11 is 0. The van der Waals surface area contributed by atoms with Crippen LogP contribution in [0.4, 0.5) is 0 Å². The molecule has 2 saturated carbocycles. The minimum Gasteiger partial charge on any atom is -0.252 e. The fraction of sp³-hybridized carbons (Fsp3) is 1.00. The lowest BCUT2D eigenvalue weighted by Gasteiger charge is -2.51. The Morgan fingerprint density at radius 3 is 2.47 bits per heavy atom. The van der Waals surface area contributed by atoms with E-state index in [1.54, 1.807) is 0 Å². The zero-order valence-electron chi connectivity index (χ0n) is 9.98. The van der Waals surface area contributed by atoms with Gasteiger partial charge in [-0.1, -0.05) is 26.7 Å². The molecule has 15 heavy (non-hydrogen) atoms. The minimum absolute atomic E-state index is 0.147. The maximum Gasteiger partial charge on any atom is 0.0958 e. The fourth-order valence-corrected chi connectivity index (χ4v) is 3.84. The predicted octanol–water partition coefficient (Wildman–Crippen LogP) is 3.72. The Kier molecular flexibility index (Phi) is 3.68. The highest BCUT2D eigenvalue weighted by Crippen LogP contribution is 2.51. The second kappa shape index (κ2) is 4.84. The zero-order chi connectivity index (χ0) is 10.8. The SMILES string of the molecule is CCC[C@H](C)[C@H]1CCC(OO)[C@@H]2CCC21. The molecule has 1 N–H and O–H groups in total. The maximum absolute atomic E-state index is 8.84. The first-order valence-corrected chi connectivity index (χ1v) is 6.58. The first-order chi connectivity index (χ1) is 7.27. The Balaban J connectivity index is 1.93. The number of hydrogen-bond donors (Lipinski definition) is 1. The highest BCUT2D eigenvalue weighted by Gasteiger charge is 2.46. The molecule has 2 aliphatic carbocycles. The van der Waals surface area contributed by atoms with Crippen molar-refractivity contribution in [2.45, 2.75) is 58.5 Å². The molecule has 2 nitrogen and oxygen atoms in total. The highest BCUT2D eigenvalue weighted by atomic mass is 17.1. The van der Waals surface area contributed by atoms with Gasteiger partial charge in [0.1, 0.15) is 0 Å². The minimum atomic E-state index is 0.147. The smallest absolute Gasteiger partial charge is 0.0958 e. The second-order valence-corrected chi connectivity index (χ2v) is 5.56. The standard InChI is InChI=1S/C13H24O2/c1-3-4-9(2)10-7-8-13(15-14)12-6-5-11(10)12/h9-14H,3-8H2,1-2H3/t9-,10+,11?,12+,13?/m0/s1. The maximum atomic E-state index is 8.84. The van der Waals surface area contributed by atoms with E-state index in [0.29, 0.717) is 5.92 Å². The van der Waals surface area contributed by atoms with E-state index in [4.69, 9.17) is 5.26 Å². The van der Waals surface area contributed by atoms with Gasteiger partial charge >= 0.3 is 0 Å². The first kappa shape index (κ1) is 11.4. The third kappa shape index (κ3) is 2.07. The van der Waals surface area contributed by atoms with Gasteiger partial charge in [-0.15, -0.1) is 0 Å². The summed E-state index contributed by atoms with van der Waals surface area (Å²) in [5.74, 6) is 3.27. The third-order valence-corrected chi connectivity index (χ3v) is 4.81. The molecule has 2 unspecified atom stereocenters. The van der Waals surface area contributed by atoms with Crippen LogP contribution < -0.4 is 0 Å². The van der Waals surface area contributed by atoms with Gasteiger partial charge in [0, 0.05) is 0 Å². The molecule has 0 spiro atoms. The molecule has 0 heterocycles. The molecule has 0 aliphatic heterocycles. The van der Waals surface area contributed by atoms with E-state index in [9.17, 15) is 0 Å². The van der Waals surface area contributed by atoms with Crippen molar-refractivity contribution >= 4 is 0 Å². The Labute approximate surface area is 92.9 Å². The van der Waals surface area contributed by atoms with E-state index in [-0.39, 0.29) is 6.10 Å². The molecule has 2 rings (SSSR count). The van der Waals surface area contributed by atoms with Gasteiger partial charge < -0.3 is 0 Å². The average Bonchev–Trinajstić information content (AvgIpc) is 2.19. The van der Waals surface area contributed by atoms with Crippen molar-refractivity contribution in [3.8, 4) is 0 Å². The molecular formula is C13H24O2. The van der Waals surface area contributed by atoms with Gasteiger partial charge in [-0.25, -0.2) is 4.89 Å². The number of fused-ring (bicyclic) bond motifs is 1. The van der Waals surface area contributed by atoms with Crippen molar-refractivity contribution in [3.63, 3.8) is 0 Å². The van der Waals surface area contributed by atoms with Crippen molar-refractivity contribution in [1.82, 2.24) is 0 Å². The summed E-state index contributed by atoms with van der Waals surface area (Å²) in [6, 6.07) is 0. The van der Waals surface area contributed by atoms with Crippen LogP contribution in [0.2, 0.25) is 0 Å². The second-order valence-electron chi connectivity index (χ2n) is 5.56. The summed E-state index contributed by atoms with van der Waals surface area (Å²) in [7, 11) is 0. The van der Waals surface area contributed by atoms with E-state index >= 15 is 0 Å². The van der Waals surface area contributed by atoms with Gasteiger partial charge in [0.15, 0.2) is 0 Å². The third-order valence-electron chi connectivity index (χ3n) is 4.81. The van der Waals surface area contributed by atoms with E-state index < -0.39 is 0 Å². The Hall–Kier alpha value is -0.0800. The van der Waals surface area contributed by atoms with Gasteiger partial charge in [-0.2, -0.15) is 0 Å². The molecule has 0 bridgehead atoms. The lowest BCUT2D eigenvalue weighted by Crippen LogP contribution is -2.47. The molecule has 2 aliphatic rings. The summed E-state index contributed by atoms with van der Waals surface area (Å²) < 4.78 is 0. The average molecular weight is 212 g/mol. The largest absolute Gasteiger partial charge is 0.252 e. The van der Waals surface area contributed by atoms with E-state index in [1.165, 1.54) is 32.1 Å². The van der Waals surface area contributed by atoms with Crippen LogP contribution in [0.5, 0.6) is 0 Å². The van der Waals surface area contributed by atoms with Gasteiger partial charge in [0.2, 0.25) is 0 Å². The van der Waals surface area contributed by atoms with Gasteiger partial charge in [-0.3, -0.25) is 5.26 Å². The molecule has 88 valence electrons. The normalized spacial score (nSPS) is 41.8. The zero-order valence-corrected chi connectivity index (χ0v) is 9.98. The van der Waals surface area contributed by atoms with Crippen LogP contribution in [0.25, 0.3) is 0 Å². The van der Waals surface area contributed by atoms with Crippen LogP contribution in [-0.2, 0) is 4.89 Å². The van der Waals surface area contributed by atoms with E-state index in [1.807, 2.05) is 0 Å². The number of hydrogen-bond acceptors (Lipinski definition) is 2. The lowest BCUT2D eigenvalue weighted by molar-refractivity contribution is -0.311. The molecule has 2 fully saturated rings. The molecule has 0 aromatic heterocycles. The Bertz CT molecular complexity index is 205. The molecule has 0 amide bonds. The Morgan fingerprint density at radius 1 is 1.20 bits per heavy atom. The highest BCUT2D eigenvalue weighted by molar-refractivity contribution is 4.95. The van der Waals surface area contributed by atoms with Crippen LogP contribution >= 0.6 is 0 Å². The van der Waals surface area contributed by atoms with Crippen LogP contribution in [0, 0.1) is 23.7 Å². The van der Waals surface area contributed by atoms with Crippen LogP contribution in [0.3, 0.4) is 0 Å². The summed E-state index contributed by atoms with van der Waals surface area (Å²) in [5, 5.41) is 8.84. The number of rotatable bonds is 4. The van der Waals surface area contributed by atoms with Crippen molar-refractivity contribution in [1.29, 1.82) is 0 Å². The summed E-state index contributed by atoms with van der Waals surface area (Å²) in [4.78, 5) is 4.61. The molecule has 0 radical (unpaired) electrons. The van der Waals surface area contributed by atoms with Gasteiger partial charge in [0.05, 0.1) is 6.10 Å². The van der Waals surface area contributed by atoms with E-state index in [2.05, 4.69) is 18.7 Å². The summed E-state index contributed by atoms with van der Waals surface area (Å²) in [5.41, 5.74) is 0. The quantitative estimate of drug-likeness (QED) is 0.568. The van der Waals surface area contributed by atoms with Crippen molar-refractivity contribution in [2.24, 2.45) is 23.7 Å². The molecule has 0 saturated heterocycles. The van der Waals surface area contributed by atoms with Crippen molar-refractivity contribution in [2.75, 3.05) is 0 Å². The summed E-state index contributed by atoms with van der Waals surface area (Å²) in [6.07, 6.45) is 7.76.